The summed E-state index contributed by atoms with van der Waals surface area (Å²) in [6, 6.07) is 10.6. The SMILES string of the molecule is COc1cc(/C=C(\C#N)C(N)=O)cc(Cl)c1OCc1ccc(F)cc1. The van der Waals surface area contributed by atoms with Crippen molar-refractivity contribution in [2.75, 3.05) is 7.11 Å². The number of carbonyl (C=O) groups is 1. The first-order valence-electron chi connectivity index (χ1n) is 7.11. The number of halogens is 2. The number of carbonyl (C=O) groups excluding carboxylic acids is 1. The van der Waals surface area contributed by atoms with Gasteiger partial charge in [0, 0.05) is 0 Å². The topological polar surface area (TPSA) is 85.3 Å². The van der Waals surface area contributed by atoms with Crippen LogP contribution >= 0.6 is 11.6 Å². The molecule has 7 heteroatoms. The minimum Gasteiger partial charge on any atom is -0.493 e. The van der Waals surface area contributed by atoms with E-state index in [9.17, 15) is 9.18 Å². The van der Waals surface area contributed by atoms with E-state index in [1.165, 1.54) is 31.4 Å². The molecule has 1 amide bonds. The number of hydrogen-bond acceptors (Lipinski definition) is 4. The van der Waals surface area contributed by atoms with Crippen LogP contribution in [0.25, 0.3) is 6.08 Å². The van der Waals surface area contributed by atoms with Crippen LogP contribution in [-0.4, -0.2) is 13.0 Å². The van der Waals surface area contributed by atoms with E-state index in [4.69, 9.17) is 32.1 Å². The van der Waals surface area contributed by atoms with Crippen LogP contribution in [0.4, 0.5) is 4.39 Å². The second kappa shape index (κ2) is 8.18. The number of nitrogens with two attached hydrogens (primary N) is 1. The number of benzene rings is 2. The Morgan fingerprint density at radius 1 is 1.36 bits per heavy atom. The fraction of sp³-hybridized carbons (Fsp3) is 0.111. The third-order valence-corrected chi connectivity index (χ3v) is 3.53. The molecule has 0 bridgehead atoms. The van der Waals surface area contributed by atoms with Crippen molar-refractivity contribution in [3.63, 3.8) is 0 Å². The molecule has 0 radical (unpaired) electrons. The molecule has 2 rings (SSSR count). The van der Waals surface area contributed by atoms with Gasteiger partial charge in [0.2, 0.25) is 0 Å². The molecular weight excluding hydrogens is 347 g/mol. The minimum atomic E-state index is -0.839. The lowest BCUT2D eigenvalue weighted by Crippen LogP contribution is -2.12. The zero-order chi connectivity index (χ0) is 18.4. The van der Waals surface area contributed by atoms with E-state index in [1.807, 2.05) is 0 Å². The number of rotatable bonds is 6. The largest absolute Gasteiger partial charge is 0.493 e. The summed E-state index contributed by atoms with van der Waals surface area (Å²) in [6.45, 7) is 0.163. The van der Waals surface area contributed by atoms with Gasteiger partial charge in [-0.2, -0.15) is 5.26 Å². The standard InChI is InChI=1S/C18H14ClFN2O3/c1-24-16-8-12(6-13(9-21)18(22)23)7-15(19)17(16)25-10-11-2-4-14(20)5-3-11/h2-8H,10H2,1H3,(H2,22,23)/b13-6+. The lowest BCUT2D eigenvalue weighted by atomic mass is 10.1. The summed E-state index contributed by atoms with van der Waals surface area (Å²) in [7, 11) is 1.43. The summed E-state index contributed by atoms with van der Waals surface area (Å²) in [5.74, 6) is -0.557. The maximum Gasteiger partial charge on any atom is 0.259 e. The monoisotopic (exact) mass is 360 g/mol. The van der Waals surface area contributed by atoms with Crippen molar-refractivity contribution >= 4 is 23.6 Å². The maximum atomic E-state index is 12.9. The van der Waals surface area contributed by atoms with E-state index in [2.05, 4.69) is 0 Å². The Labute approximate surface area is 149 Å². The Morgan fingerprint density at radius 2 is 2.04 bits per heavy atom. The molecule has 2 aromatic carbocycles. The van der Waals surface area contributed by atoms with Crippen molar-refractivity contribution in [2.24, 2.45) is 5.73 Å². The predicted octanol–water partition coefficient (Wildman–Crippen LogP) is 3.46. The Kier molecular flexibility index (Phi) is 5.98. The second-order valence-electron chi connectivity index (χ2n) is 4.98. The van der Waals surface area contributed by atoms with Gasteiger partial charge in [-0.25, -0.2) is 4.39 Å². The third kappa shape index (κ3) is 4.72. The van der Waals surface area contributed by atoms with Gasteiger partial charge in [-0.05, 0) is 41.5 Å². The molecule has 0 unspecified atom stereocenters. The van der Waals surface area contributed by atoms with E-state index >= 15 is 0 Å². The molecule has 2 aromatic rings. The molecular formula is C18H14ClFN2O3. The lowest BCUT2D eigenvalue weighted by Gasteiger charge is -2.13. The summed E-state index contributed by atoms with van der Waals surface area (Å²) in [5, 5.41) is 9.13. The molecule has 0 saturated heterocycles. The number of amides is 1. The fourth-order valence-electron chi connectivity index (χ4n) is 2.02. The predicted molar refractivity (Wildman–Crippen MR) is 91.5 cm³/mol. The van der Waals surface area contributed by atoms with Gasteiger partial charge in [0.25, 0.3) is 5.91 Å². The zero-order valence-electron chi connectivity index (χ0n) is 13.3. The molecule has 25 heavy (non-hydrogen) atoms. The van der Waals surface area contributed by atoms with Crippen LogP contribution in [0.15, 0.2) is 42.0 Å². The number of primary amides is 1. The second-order valence-corrected chi connectivity index (χ2v) is 5.39. The van der Waals surface area contributed by atoms with Gasteiger partial charge < -0.3 is 15.2 Å². The molecule has 5 nitrogen and oxygen atoms in total. The quantitative estimate of drug-likeness (QED) is 0.631. The number of nitriles is 1. The Bertz CT molecular complexity index is 858. The van der Waals surface area contributed by atoms with E-state index in [1.54, 1.807) is 24.3 Å². The first kappa shape index (κ1) is 18.3. The van der Waals surface area contributed by atoms with Crippen LogP contribution in [-0.2, 0) is 11.4 Å². The molecule has 0 heterocycles. The highest BCUT2D eigenvalue weighted by atomic mass is 35.5. The zero-order valence-corrected chi connectivity index (χ0v) is 14.0. The Hall–Kier alpha value is -3.04. The summed E-state index contributed by atoms with van der Waals surface area (Å²) in [6.07, 6.45) is 1.31. The van der Waals surface area contributed by atoms with Crippen LogP contribution < -0.4 is 15.2 Å². The molecule has 0 spiro atoms. The molecule has 0 aliphatic rings. The van der Waals surface area contributed by atoms with Crippen LogP contribution in [0.3, 0.4) is 0 Å². The third-order valence-electron chi connectivity index (χ3n) is 3.25. The average Bonchev–Trinajstić information content (AvgIpc) is 2.59. The van der Waals surface area contributed by atoms with E-state index in [0.29, 0.717) is 17.1 Å². The maximum absolute atomic E-state index is 12.9. The van der Waals surface area contributed by atoms with E-state index in [0.717, 1.165) is 5.56 Å². The lowest BCUT2D eigenvalue weighted by molar-refractivity contribution is -0.114. The highest BCUT2D eigenvalue weighted by molar-refractivity contribution is 6.32. The van der Waals surface area contributed by atoms with Crippen molar-refractivity contribution < 1.29 is 18.7 Å². The molecule has 0 aromatic heterocycles. The van der Waals surface area contributed by atoms with Gasteiger partial charge in [-0.15, -0.1) is 0 Å². The van der Waals surface area contributed by atoms with Crippen molar-refractivity contribution in [3.8, 4) is 17.6 Å². The van der Waals surface area contributed by atoms with Gasteiger partial charge in [0.05, 0.1) is 12.1 Å². The van der Waals surface area contributed by atoms with Crippen LogP contribution in [0, 0.1) is 17.1 Å². The summed E-state index contributed by atoms with van der Waals surface area (Å²) in [4.78, 5) is 11.1. The van der Waals surface area contributed by atoms with Crippen LogP contribution in [0.5, 0.6) is 11.5 Å². The van der Waals surface area contributed by atoms with Gasteiger partial charge in [0.15, 0.2) is 11.5 Å². The van der Waals surface area contributed by atoms with E-state index < -0.39 is 5.91 Å². The molecule has 2 N–H and O–H groups in total. The Balaban J connectivity index is 2.29. The summed E-state index contributed by atoms with van der Waals surface area (Å²) < 4.78 is 23.8. The highest BCUT2D eigenvalue weighted by Crippen LogP contribution is 2.37. The first-order valence-corrected chi connectivity index (χ1v) is 7.48. The summed E-state index contributed by atoms with van der Waals surface area (Å²) >= 11 is 6.22. The van der Waals surface area contributed by atoms with Crippen molar-refractivity contribution in [1.29, 1.82) is 5.26 Å². The van der Waals surface area contributed by atoms with Crippen molar-refractivity contribution in [3.05, 3.63) is 63.9 Å². The van der Waals surface area contributed by atoms with Gasteiger partial charge in [-0.3, -0.25) is 4.79 Å². The van der Waals surface area contributed by atoms with Gasteiger partial charge in [-0.1, -0.05) is 23.7 Å². The molecule has 0 atom stereocenters. The van der Waals surface area contributed by atoms with Gasteiger partial charge >= 0.3 is 0 Å². The van der Waals surface area contributed by atoms with Crippen LogP contribution in [0.1, 0.15) is 11.1 Å². The van der Waals surface area contributed by atoms with Gasteiger partial charge in [0.1, 0.15) is 24.1 Å². The number of ether oxygens (including phenoxy) is 2. The number of methoxy groups -OCH3 is 1. The molecule has 128 valence electrons. The minimum absolute atomic E-state index is 0.163. The number of nitrogens with zero attached hydrogens (tertiary/aromatic N) is 1. The number of hydrogen-bond donors (Lipinski definition) is 1. The highest BCUT2D eigenvalue weighted by Gasteiger charge is 2.13. The van der Waals surface area contributed by atoms with Crippen molar-refractivity contribution in [1.82, 2.24) is 0 Å². The Morgan fingerprint density at radius 3 is 2.60 bits per heavy atom. The molecule has 0 aliphatic carbocycles. The normalized spacial score (nSPS) is 10.9. The van der Waals surface area contributed by atoms with E-state index in [-0.39, 0.29) is 23.0 Å². The molecule has 0 saturated carbocycles. The first-order chi connectivity index (χ1) is 11.9. The van der Waals surface area contributed by atoms with Crippen molar-refractivity contribution in [2.45, 2.75) is 6.61 Å². The average molecular weight is 361 g/mol. The molecule has 0 fully saturated rings. The summed E-state index contributed by atoms with van der Waals surface area (Å²) in [5.41, 5.74) is 6.12. The van der Waals surface area contributed by atoms with Crippen LogP contribution in [0.2, 0.25) is 5.02 Å². The molecule has 0 aliphatic heterocycles. The smallest absolute Gasteiger partial charge is 0.259 e. The fourth-order valence-corrected chi connectivity index (χ4v) is 2.30.